The van der Waals surface area contributed by atoms with Crippen LogP contribution >= 0.6 is 11.6 Å². The molecule has 0 aromatic heterocycles. The van der Waals surface area contributed by atoms with Crippen molar-refractivity contribution in [1.29, 1.82) is 0 Å². The number of fused-ring (bicyclic) bond motifs is 1. The minimum absolute atomic E-state index is 0.240. The molecule has 1 saturated carbocycles. The number of ether oxygens (including phenoxy) is 2. The van der Waals surface area contributed by atoms with E-state index in [2.05, 4.69) is 15.2 Å². The molecule has 2 fully saturated rings. The summed E-state index contributed by atoms with van der Waals surface area (Å²) < 4.78 is 10.8. The Balaban J connectivity index is 1.41. The van der Waals surface area contributed by atoms with Crippen molar-refractivity contribution in [3.05, 3.63) is 22.7 Å². The standard InChI is InChI=1S/C17H22ClN3O2/c1-19-16(21-6-5-17(10-21)3-2-4-17)20-9-12-7-13(18)15-14(8-12)22-11-23-15/h7-8H,2-6,9-11H2,1H3,(H,19,20). The smallest absolute Gasteiger partial charge is 0.231 e. The van der Waals surface area contributed by atoms with Crippen LogP contribution in [0, 0.1) is 5.41 Å². The molecule has 2 heterocycles. The Bertz CT molecular complexity index is 643. The summed E-state index contributed by atoms with van der Waals surface area (Å²) in [4.78, 5) is 6.83. The molecule has 1 aromatic carbocycles. The molecule has 1 saturated heterocycles. The zero-order valence-corrected chi connectivity index (χ0v) is 14.2. The van der Waals surface area contributed by atoms with Gasteiger partial charge >= 0.3 is 0 Å². The highest BCUT2D eigenvalue weighted by Crippen LogP contribution is 2.48. The summed E-state index contributed by atoms with van der Waals surface area (Å²) in [7, 11) is 1.85. The first kappa shape index (κ1) is 14.9. The van der Waals surface area contributed by atoms with E-state index >= 15 is 0 Å². The van der Waals surface area contributed by atoms with Gasteiger partial charge in [-0.25, -0.2) is 0 Å². The zero-order valence-electron chi connectivity index (χ0n) is 13.4. The topological polar surface area (TPSA) is 46.1 Å². The second-order valence-electron chi connectivity index (χ2n) is 6.74. The van der Waals surface area contributed by atoms with Crippen LogP contribution < -0.4 is 14.8 Å². The van der Waals surface area contributed by atoms with Crippen molar-refractivity contribution in [3.8, 4) is 11.5 Å². The first-order valence-corrected chi connectivity index (χ1v) is 8.61. The number of guanidine groups is 1. The molecule has 0 bridgehead atoms. The van der Waals surface area contributed by atoms with E-state index in [1.165, 1.54) is 25.7 Å². The van der Waals surface area contributed by atoms with Crippen LogP contribution in [0.2, 0.25) is 5.02 Å². The molecule has 3 aliphatic rings. The minimum Gasteiger partial charge on any atom is -0.454 e. The maximum absolute atomic E-state index is 6.24. The van der Waals surface area contributed by atoms with Crippen LogP contribution in [0.25, 0.3) is 0 Å². The highest BCUT2D eigenvalue weighted by Gasteiger charge is 2.43. The minimum atomic E-state index is 0.240. The zero-order chi connectivity index (χ0) is 15.9. The van der Waals surface area contributed by atoms with Gasteiger partial charge in [-0.3, -0.25) is 4.99 Å². The lowest BCUT2D eigenvalue weighted by Crippen LogP contribution is -2.42. The maximum Gasteiger partial charge on any atom is 0.231 e. The molecule has 5 nitrogen and oxygen atoms in total. The lowest BCUT2D eigenvalue weighted by Gasteiger charge is -2.38. The lowest BCUT2D eigenvalue weighted by molar-refractivity contribution is 0.151. The number of aliphatic imine (C=N–C) groups is 1. The molecule has 124 valence electrons. The van der Waals surface area contributed by atoms with Gasteiger partial charge in [0.25, 0.3) is 0 Å². The monoisotopic (exact) mass is 335 g/mol. The molecule has 2 aliphatic heterocycles. The molecule has 0 radical (unpaired) electrons. The van der Waals surface area contributed by atoms with Crippen molar-refractivity contribution in [1.82, 2.24) is 10.2 Å². The number of benzene rings is 1. The average molecular weight is 336 g/mol. The molecular weight excluding hydrogens is 314 g/mol. The van der Waals surface area contributed by atoms with E-state index in [0.29, 0.717) is 22.7 Å². The fourth-order valence-corrected chi connectivity index (χ4v) is 4.12. The summed E-state index contributed by atoms with van der Waals surface area (Å²) in [6, 6.07) is 3.90. The van der Waals surface area contributed by atoms with E-state index in [9.17, 15) is 0 Å². The Morgan fingerprint density at radius 1 is 1.35 bits per heavy atom. The Hall–Kier alpha value is -1.62. The van der Waals surface area contributed by atoms with Crippen molar-refractivity contribution >= 4 is 17.6 Å². The number of hydrogen-bond acceptors (Lipinski definition) is 3. The van der Waals surface area contributed by atoms with Crippen LogP contribution in [0.1, 0.15) is 31.2 Å². The Kier molecular flexibility index (Phi) is 3.76. The predicted molar refractivity (Wildman–Crippen MR) is 90.2 cm³/mol. The van der Waals surface area contributed by atoms with Crippen LogP contribution in [0.4, 0.5) is 0 Å². The van der Waals surface area contributed by atoms with E-state index in [1.54, 1.807) is 0 Å². The van der Waals surface area contributed by atoms with Gasteiger partial charge in [0.1, 0.15) is 0 Å². The van der Waals surface area contributed by atoms with Gasteiger partial charge in [0.2, 0.25) is 6.79 Å². The number of likely N-dealkylation sites (tertiary alicyclic amines) is 1. The molecule has 0 amide bonds. The molecule has 1 aliphatic carbocycles. The van der Waals surface area contributed by atoms with Gasteiger partial charge in [0, 0.05) is 26.7 Å². The van der Waals surface area contributed by atoms with Crippen LogP contribution in [-0.2, 0) is 6.54 Å². The van der Waals surface area contributed by atoms with E-state index in [4.69, 9.17) is 21.1 Å². The largest absolute Gasteiger partial charge is 0.454 e. The van der Waals surface area contributed by atoms with Gasteiger partial charge in [0.05, 0.1) is 5.02 Å². The number of hydrogen-bond donors (Lipinski definition) is 1. The Morgan fingerprint density at radius 2 is 2.22 bits per heavy atom. The SMILES string of the molecule is CN=C(NCc1cc(Cl)c2c(c1)OCO2)N1CCC2(CCC2)C1. The van der Waals surface area contributed by atoms with Crippen LogP contribution in [0.3, 0.4) is 0 Å². The molecule has 1 aromatic rings. The molecule has 4 rings (SSSR count). The summed E-state index contributed by atoms with van der Waals surface area (Å²) in [5.41, 5.74) is 1.64. The van der Waals surface area contributed by atoms with E-state index in [-0.39, 0.29) is 6.79 Å². The number of rotatable bonds is 2. The molecule has 0 unspecified atom stereocenters. The molecule has 1 spiro atoms. The van der Waals surface area contributed by atoms with Crippen LogP contribution in [0.5, 0.6) is 11.5 Å². The molecule has 23 heavy (non-hydrogen) atoms. The van der Waals surface area contributed by atoms with Crippen molar-refractivity contribution in [2.45, 2.75) is 32.2 Å². The second kappa shape index (κ2) is 5.78. The van der Waals surface area contributed by atoms with Gasteiger partial charge in [-0.15, -0.1) is 0 Å². The van der Waals surface area contributed by atoms with Gasteiger partial charge in [-0.2, -0.15) is 0 Å². The first-order chi connectivity index (χ1) is 11.2. The Labute approximate surface area is 141 Å². The van der Waals surface area contributed by atoms with Crippen LogP contribution in [-0.4, -0.2) is 37.8 Å². The molecule has 1 N–H and O–H groups in total. The quantitative estimate of drug-likeness (QED) is 0.666. The van der Waals surface area contributed by atoms with Gasteiger partial charge in [-0.05, 0) is 42.4 Å². The molecular formula is C17H22ClN3O2. The van der Waals surface area contributed by atoms with Crippen molar-refractivity contribution in [2.24, 2.45) is 10.4 Å². The third kappa shape index (κ3) is 2.71. The summed E-state index contributed by atoms with van der Waals surface area (Å²) in [6.45, 7) is 3.14. The highest BCUT2D eigenvalue weighted by atomic mass is 35.5. The number of halogens is 1. The van der Waals surface area contributed by atoms with E-state index in [0.717, 1.165) is 30.4 Å². The normalized spacial score (nSPS) is 21.7. The molecule has 0 atom stereocenters. The third-order valence-corrected chi connectivity index (χ3v) is 5.58. The lowest BCUT2D eigenvalue weighted by atomic mass is 9.68. The summed E-state index contributed by atoms with van der Waals surface area (Å²) in [5, 5.41) is 4.05. The Morgan fingerprint density at radius 3 is 2.91 bits per heavy atom. The maximum atomic E-state index is 6.24. The fourth-order valence-electron chi connectivity index (χ4n) is 3.84. The van der Waals surface area contributed by atoms with E-state index in [1.807, 2.05) is 19.2 Å². The average Bonchev–Trinajstić information content (AvgIpc) is 3.14. The van der Waals surface area contributed by atoms with Gasteiger partial charge in [0.15, 0.2) is 17.5 Å². The van der Waals surface area contributed by atoms with Crippen molar-refractivity contribution < 1.29 is 9.47 Å². The second-order valence-corrected chi connectivity index (χ2v) is 7.14. The number of nitrogens with zero attached hydrogens (tertiary/aromatic N) is 2. The summed E-state index contributed by atoms with van der Waals surface area (Å²) in [5.74, 6) is 2.34. The number of nitrogens with one attached hydrogen (secondary N) is 1. The fraction of sp³-hybridized carbons (Fsp3) is 0.588. The highest BCUT2D eigenvalue weighted by molar-refractivity contribution is 6.32. The third-order valence-electron chi connectivity index (χ3n) is 5.30. The van der Waals surface area contributed by atoms with Gasteiger partial charge < -0.3 is 19.7 Å². The van der Waals surface area contributed by atoms with Crippen molar-refractivity contribution in [3.63, 3.8) is 0 Å². The first-order valence-electron chi connectivity index (χ1n) is 8.23. The molecule has 6 heteroatoms. The predicted octanol–water partition coefficient (Wildman–Crippen LogP) is 3.02. The summed E-state index contributed by atoms with van der Waals surface area (Å²) >= 11 is 6.24. The summed E-state index contributed by atoms with van der Waals surface area (Å²) in [6.07, 6.45) is 5.43. The van der Waals surface area contributed by atoms with E-state index < -0.39 is 0 Å². The van der Waals surface area contributed by atoms with Crippen LogP contribution in [0.15, 0.2) is 17.1 Å². The van der Waals surface area contributed by atoms with Gasteiger partial charge in [-0.1, -0.05) is 18.0 Å². The van der Waals surface area contributed by atoms with Crippen molar-refractivity contribution in [2.75, 3.05) is 26.9 Å².